The molecule has 4 nitrogen and oxygen atoms in total. The standard InChI is InChI=1S/C18H26N4S.HI/c1-14(16-8-9-23-13-16)11-20-18(19-2)21-12-15-6-5-7-17(10-15)22(3)4;/h5-10,13-14H,11-12H2,1-4H3,(H2,19,20,21);1H. The highest BCUT2D eigenvalue weighted by atomic mass is 127. The summed E-state index contributed by atoms with van der Waals surface area (Å²) < 4.78 is 0. The predicted molar refractivity (Wildman–Crippen MR) is 117 cm³/mol. The number of anilines is 1. The third-order valence-corrected chi connectivity index (χ3v) is 4.50. The Bertz CT molecular complexity index is 626. The zero-order valence-corrected chi connectivity index (χ0v) is 17.9. The van der Waals surface area contributed by atoms with Gasteiger partial charge in [-0.2, -0.15) is 11.3 Å². The first kappa shape index (κ1) is 20.8. The second-order valence-corrected chi connectivity index (χ2v) is 6.61. The van der Waals surface area contributed by atoms with E-state index in [0.717, 1.165) is 19.0 Å². The van der Waals surface area contributed by atoms with E-state index in [2.05, 4.69) is 82.6 Å². The Hall–Kier alpha value is -1.28. The first-order valence-corrected chi connectivity index (χ1v) is 8.77. The second-order valence-electron chi connectivity index (χ2n) is 5.83. The highest BCUT2D eigenvalue weighted by Crippen LogP contribution is 2.17. The highest BCUT2D eigenvalue weighted by molar-refractivity contribution is 14.0. The molecule has 0 saturated carbocycles. The fourth-order valence-corrected chi connectivity index (χ4v) is 3.06. The molecule has 2 N–H and O–H groups in total. The molecule has 0 saturated heterocycles. The van der Waals surface area contributed by atoms with Gasteiger partial charge in [0, 0.05) is 39.9 Å². The van der Waals surface area contributed by atoms with Crippen LogP contribution >= 0.6 is 35.3 Å². The number of thiophene rings is 1. The number of guanidine groups is 1. The normalized spacial score (nSPS) is 12.2. The van der Waals surface area contributed by atoms with Gasteiger partial charge in [0.1, 0.15) is 0 Å². The molecule has 24 heavy (non-hydrogen) atoms. The van der Waals surface area contributed by atoms with Crippen LogP contribution in [-0.2, 0) is 6.54 Å². The van der Waals surface area contributed by atoms with Crippen molar-refractivity contribution < 1.29 is 0 Å². The lowest BCUT2D eigenvalue weighted by Crippen LogP contribution is -2.38. The summed E-state index contributed by atoms with van der Waals surface area (Å²) in [4.78, 5) is 6.41. The Morgan fingerprint density at radius 1 is 1.25 bits per heavy atom. The van der Waals surface area contributed by atoms with Crippen LogP contribution in [0.25, 0.3) is 0 Å². The molecule has 0 aliphatic carbocycles. The van der Waals surface area contributed by atoms with E-state index in [9.17, 15) is 0 Å². The van der Waals surface area contributed by atoms with Crippen molar-refractivity contribution in [2.75, 3.05) is 32.6 Å². The molecule has 1 aromatic carbocycles. The number of aliphatic imine (C=N–C) groups is 1. The second kappa shape index (κ2) is 10.6. The summed E-state index contributed by atoms with van der Waals surface area (Å²) in [5.74, 6) is 1.30. The van der Waals surface area contributed by atoms with E-state index in [4.69, 9.17) is 0 Å². The van der Waals surface area contributed by atoms with E-state index in [-0.39, 0.29) is 24.0 Å². The number of benzene rings is 1. The van der Waals surface area contributed by atoms with Gasteiger partial charge in [-0.15, -0.1) is 24.0 Å². The molecule has 0 fully saturated rings. The maximum Gasteiger partial charge on any atom is 0.191 e. The lowest BCUT2D eigenvalue weighted by atomic mass is 10.1. The predicted octanol–water partition coefficient (Wildman–Crippen LogP) is 3.90. The van der Waals surface area contributed by atoms with Crippen LogP contribution in [0.4, 0.5) is 5.69 Å². The molecular weight excluding hydrogens is 431 g/mol. The molecule has 1 aromatic heterocycles. The molecule has 2 rings (SSSR count). The average molecular weight is 458 g/mol. The van der Waals surface area contributed by atoms with Gasteiger partial charge in [0.15, 0.2) is 5.96 Å². The molecule has 0 radical (unpaired) electrons. The largest absolute Gasteiger partial charge is 0.378 e. The van der Waals surface area contributed by atoms with Gasteiger partial charge in [-0.05, 0) is 46.0 Å². The van der Waals surface area contributed by atoms with Gasteiger partial charge in [0.2, 0.25) is 0 Å². The van der Waals surface area contributed by atoms with Crippen LogP contribution < -0.4 is 15.5 Å². The van der Waals surface area contributed by atoms with Gasteiger partial charge in [0.05, 0.1) is 0 Å². The molecule has 6 heteroatoms. The Kier molecular flexibility index (Phi) is 9.13. The van der Waals surface area contributed by atoms with Crippen molar-refractivity contribution in [2.45, 2.75) is 19.4 Å². The van der Waals surface area contributed by atoms with Crippen LogP contribution in [0, 0.1) is 0 Å². The summed E-state index contributed by atoms with van der Waals surface area (Å²) in [5.41, 5.74) is 3.82. The molecule has 1 unspecified atom stereocenters. The minimum atomic E-state index is 0. The van der Waals surface area contributed by atoms with Crippen LogP contribution in [-0.4, -0.2) is 33.6 Å². The molecule has 132 valence electrons. The average Bonchev–Trinajstić information content (AvgIpc) is 3.09. The summed E-state index contributed by atoms with van der Waals surface area (Å²) in [6.07, 6.45) is 0. The van der Waals surface area contributed by atoms with E-state index in [1.165, 1.54) is 16.8 Å². The summed E-state index contributed by atoms with van der Waals surface area (Å²) >= 11 is 1.74. The summed E-state index contributed by atoms with van der Waals surface area (Å²) in [7, 11) is 5.92. The molecule has 0 amide bonds. The quantitative estimate of drug-likeness (QED) is 0.392. The topological polar surface area (TPSA) is 39.7 Å². The zero-order chi connectivity index (χ0) is 16.7. The Morgan fingerprint density at radius 3 is 2.67 bits per heavy atom. The minimum Gasteiger partial charge on any atom is -0.378 e. The van der Waals surface area contributed by atoms with Crippen molar-refractivity contribution in [1.29, 1.82) is 0 Å². The number of hydrogen-bond donors (Lipinski definition) is 2. The Morgan fingerprint density at radius 2 is 2.04 bits per heavy atom. The summed E-state index contributed by atoms with van der Waals surface area (Å²) in [5, 5.41) is 11.1. The van der Waals surface area contributed by atoms with Crippen molar-refractivity contribution in [3.8, 4) is 0 Å². The van der Waals surface area contributed by atoms with E-state index in [1.807, 2.05) is 0 Å². The molecule has 0 aliphatic rings. The fraction of sp³-hybridized carbons (Fsp3) is 0.389. The van der Waals surface area contributed by atoms with Crippen LogP contribution in [0.1, 0.15) is 24.0 Å². The first-order chi connectivity index (χ1) is 11.1. The molecule has 2 aromatic rings. The third kappa shape index (κ3) is 6.32. The lowest BCUT2D eigenvalue weighted by Gasteiger charge is -2.17. The van der Waals surface area contributed by atoms with Crippen molar-refractivity contribution in [3.63, 3.8) is 0 Å². The smallest absolute Gasteiger partial charge is 0.191 e. The van der Waals surface area contributed by atoms with Crippen molar-refractivity contribution >= 4 is 47.0 Å². The number of rotatable bonds is 6. The Labute approximate surface area is 166 Å². The van der Waals surface area contributed by atoms with Crippen molar-refractivity contribution in [2.24, 2.45) is 4.99 Å². The van der Waals surface area contributed by atoms with Gasteiger partial charge < -0.3 is 15.5 Å². The molecule has 0 bridgehead atoms. The number of nitrogens with one attached hydrogen (secondary N) is 2. The van der Waals surface area contributed by atoms with Gasteiger partial charge in [-0.3, -0.25) is 4.99 Å². The molecule has 0 aliphatic heterocycles. The molecule has 1 heterocycles. The molecular formula is C18H27IN4S. The van der Waals surface area contributed by atoms with Crippen molar-refractivity contribution in [3.05, 3.63) is 52.2 Å². The number of nitrogens with zero attached hydrogens (tertiary/aromatic N) is 2. The summed E-state index contributed by atoms with van der Waals surface area (Å²) in [6, 6.07) is 10.7. The highest BCUT2D eigenvalue weighted by Gasteiger charge is 2.07. The third-order valence-electron chi connectivity index (χ3n) is 3.80. The fourth-order valence-electron chi connectivity index (χ4n) is 2.27. The lowest BCUT2D eigenvalue weighted by molar-refractivity contribution is 0.701. The van der Waals surface area contributed by atoms with E-state index >= 15 is 0 Å². The monoisotopic (exact) mass is 458 g/mol. The SMILES string of the molecule is CN=C(NCc1cccc(N(C)C)c1)NCC(C)c1ccsc1.I. The number of hydrogen-bond acceptors (Lipinski definition) is 3. The van der Waals surface area contributed by atoms with Gasteiger partial charge in [-0.25, -0.2) is 0 Å². The molecule has 1 atom stereocenters. The van der Waals surface area contributed by atoms with Crippen LogP contribution in [0.15, 0.2) is 46.1 Å². The van der Waals surface area contributed by atoms with Gasteiger partial charge in [0.25, 0.3) is 0 Å². The van der Waals surface area contributed by atoms with Crippen molar-refractivity contribution in [1.82, 2.24) is 10.6 Å². The van der Waals surface area contributed by atoms with Crippen LogP contribution in [0.5, 0.6) is 0 Å². The number of halogens is 1. The van der Waals surface area contributed by atoms with Gasteiger partial charge in [-0.1, -0.05) is 19.1 Å². The van der Waals surface area contributed by atoms with Gasteiger partial charge >= 0.3 is 0 Å². The van der Waals surface area contributed by atoms with Crippen LogP contribution in [0.3, 0.4) is 0 Å². The van der Waals surface area contributed by atoms with E-state index < -0.39 is 0 Å². The Balaban J connectivity index is 0.00000288. The first-order valence-electron chi connectivity index (χ1n) is 7.83. The zero-order valence-electron chi connectivity index (χ0n) is 14.7. The maximum absolute atomic E-state index is 4.30. The maximum atomic E-state index is 4.30. The minimum absolute atomic E-state index is 0. The van der Waals surface area contributed by atoms with E-state index in [1.54, 1.807) is 18.4 Å². The molecule has 0 spiro atoms. The summed E-state index contributed by atoms with van der Waals surface area (Å²) in [6.45, 7) is 3.85. The van der Waals surface area contributed by atoms with E-state index in [0.29, 0.717) is 5.92 Å². The van der Waals surface area contributed by atoms with Crippen LogP contribution in [0.2, 0.25) is 0 Å².